The van der Waals surface area contributed by atoms with Crippen molar-refractivity contribution < 1.29 is 13.9 Å². The van der Waals surface area contributed by atoms with Crippen molar-refractivity contribution in [1.29, 1.82) is 0 Å². The van der Waals surface area contributed by atoms with Gasteiger partial charge in [0.1, 0.15) is 5.60 Å². The van der Waals surface area contributed by atoms with Crippen LogP contribution in [0.2, 0.25) is 0 Å². The SMILES string of the molecule is C[C@]12CC[C@H](N3CCOCC3)C[C@H]1CC[C@@H]1[C@@H]2CC[C@]2(C)[C@@H](c3ccc(=O)oc3)C[C@H]3O[C@]132. The summed E-state index contributed by atoms with van der Waals surface area (Å²) in [6.45, 7) is 9.22. The Bertz CT molecular complexity index is 966. The Hall–Kier alpha value is -1.17. The highest BCUT2D eigenvalue weighted by molar-refractivity contribution is 5.35. The number of morpholine rings is 1. The first-order valence-corrected chi connectivity index (χ1v) is 13.5. The average molecular weight is 454 g/mol. The van der Waals surface area contributed by atoms with E-state index in [2.05, 4.69) is 18.7 Å². The van der Waals surface area contributed by atoms with E-state index >= 15 is 0 Å². The van der Waals surface area contributed by atoms with E-state index in [9.17, 15) is 4.79 Å². The first-order valence-electron chi connectivity index (χ1n) is 13.5. The predicted molar refractivity (Wildman–Crippen MR) is 125 cm³/mol. The molecule has 6 aliphatic rings. The summed E-state index contributed by atoms with van der Waals surface area (Å²) in [6.07, 6.45) is 12.6. The molecule has 9 atom stereocenters. The smallest absolute Gasteiger partial charge is 0.335 e. The molecule has 4 aliphatic carbocycles. The van der Waals surface area contributed by atoms with Crippen LogP contribution in [0.15, 0.2) is 27.6 Å². The number of hydrogen-bond donors (Lipinski definition) is 0. The molecular formula is C28H39NO4. The second kappa shape index (κ2) is 7.18. The Morgan fingerprint density at radius 3 is 2.61 bits per heavy atom. The van der Waals surface area contributed by atoms with Crippen LogP contribution in [0, 0.1) is 28.6 Å². The maximum absolute atomic E-state index is 11.6. The molecule has 0 radical (unpaired) electrons. The molecule has 5 nitrogen and oxygen atoms in total. The highest BCUT2D eigenvalue weighted by Crippen LogP contribution is 2.78. The topological polar surface area (TPSA) is 55.2 Å². The maximum atomic E-state index is 11.6. The summed E-state index contributed by atoms with van der Waals surface area (Å²) in [6, 6.07) is 4.38. The largest absolute Gasteiger partial charge is 0.431 e. The van der Waals surface area contributed by atoms with E-state index < -0.39 is 0 Å². The average Bonchev–Trinajstić information content (AvgIpc) is 3.49. The van der Waals surface area contributed by atoms with Gasteiger partial charge in [0, 0.05) is 30.6 Å². The van der Waals surface area contributed by atoms with Crippen LogP contribution in [0.25, 0.3) is 0 Å². The van der Waals surface area contributed by atoms with Crippen LogP contribution >= 0.6 is 0 Å². The summed E-state index contributed by atoms with van der Waals surface area (Å²) >= 11 is 0. The van der Waals surface area contributed by atoms with E-state index in [0.29, 0.717) is 23.4 Å². The van der Waals surface area contributed by atoms with Gasteiger partial charge in [-0.3, -0.25) is 4.90 Å². The lowest BCUT2D eigenvalue weighted by Gasteiger charge is -2.61. The molecule has 5 heteroatoms. The van der Waals surface area contributed by atoms with Crippen LogP contribution in [0.3, 0.4) is 0 Å². The lowest BCUT2D eigenvalue weighted by atomic mass is 9.44. The summed E-state index contributed by atoms with van der Waals surface area (Å²) in [7, 11) is 0. The number of hydrogen-bond acceptors (Lipinski definition) is 5. The molecule has 180 valence electrons. The van der Waals surface area contributed by atoms with Crippen molar-refractivity contribution >= 4 is 0 Å². The Kier molecular flexibility index (Phi) is 4.60. The van der Waals surface area contributed by atoms with Crippen molar-refractivity contribution in [2.75, 3.05) is 26.3 Å². The fourth-order valence-corrected chi connectivity index (χ4v) is 10.0. The van der Waals surface area contributed by atoms with Crippen molar-refractivity contribution in [3.05, 3.63) is 34.4 Å². The number of nitrogens with zero attached hydrogens (tertiary/aromatic N) is 1. The molecular weight excluding hydrogens is 414 g/mol. The minimum absolute atomic E-state index is 0.0613. The molecule has 2 aliphatic heterocycles. The molecule has 1 aromatic rings. The zero-order chi connectivity index (χ0) is 22.4. The van der Waals surface area contributed by atoms with Gasteiger partial charge < -0.3 is 13.9 Å². The van der Waals surface area contributed by atoms with E-state index in [1.54, 1.807) is 12.3 Å². The third kappa shape index (κ3) is 2.79. The number of fused-ring (bicyclic) bond motifs is 3. The van der Waals surface area contributed by atoms with E-state index in [1.807, 2.05) is 6.07 Å². The maximum Gasteiger partial charge on any atom is 0.335 e. The normalized spacial score (nSPS) is 51.2. The van der Waals surface area contributed by atoms with E-state index in [1.165, 1.54) is 50.5 Å². The van der Waals surface area contributed by atoms with Gasteiger partial charge in [0.15, 0.2) is 0 Å². The molecule has 2 saturated heterocycles. The summed E-state index contributed by atoms with van der Waals surface area (Å²) in [5, 5.41) is 0. The van der Waals surface area contributed by atoms with Gasteiger partial charge >= 0.3 is 5.63 Å². The van der Waals surface area contributed by atoms with Crippen molar-refractivity contribution in [3.63, 3.8) is 0 Å². The van der Waals surface area contributed by atoms with E-state index in [-0.39, 0.29) is 16.6 Å². The Labute approximate surface area is 197 Å². The Balaban J connectivity index is 1.14. The van der Waals surface area contributed by atoms with Crippen LogP contribution in [0.4, 0.5) is 0 Å². The minimum atomic E-state index is -0.249. The predicted octanol–water partition coefficient (Wildman–Crippen LogP) is 4.60. The monoisotopic (exact) mass is 453 g/mol. The first-order chi connectivity index (χ1) is 16.0. The van der Waals surface area contributed by atoms with Gasteiger partial charge in [0.05, 0.1) is 25.6 Å². The summed E-state index contributed by atoms with van der Waals surface area (Å²) < 4.78 is 17.6. The van der Waals surface area contributed by atoms with Crippen LogP contribution in [-0.4, -0.2) is 49.0 Å². The standard InChI is InChI=1S/C28H39NO4/c1-26-9-7-20(29-11-13-31-14-12-29)15-19(26)4-5-22-21(26)8-10-27(2)23(16-24-28(22,27)33-24)18-3-6-25(30)32-17-18/h3,6,17,19-24H,4-5,7-16H2,1-2H3/t19-,20+,21+,22-,23-,24-,26+,27-,28-/m1/s1. The lowest BCUT2D eigenvalue weighted by molar-refractivity contribution is -0.137. The molecule has 0 amide bonds. The summed E-state index contributed by atoms with van der Waals surface area (Å²) in [5.41, 5.74) is 1.64. The fourth-order valence-electron chi connectivity index (χ4n) is 10.0. The van der Waals surface area contributed by atoms with E-state index in [4.69, 9.17) is 13.9 Å². The highest BCUT2D eigenvalue weighted by atomic mass is 16.6. The lowest BCUT2D eigenvalue weighted by Crippen LogP contribution is -2.59. The van der Waals surface area contributed by atoms with Crippen molar-refractivity contribution in [3.8, 4) is 0 Å². The number of rotatable bonds is 2. The Morgan fingerprint density at radius 1 is 0.970 bits per heavy atom. The van der Waals surface area contributed by atoms with Crippen molar-refractivity contribution in [1.82, 2.24) is 4.90 Å². The third-order valence-corrected chi connectivity index (χ3v) is 11.7. The zero-order valence-corrected chi connectivity index (χ0v) is 20.3. The van der Waals surface area contributed by atoms with Crippen LogP contribution < -0.4 is 5.63 Å². The fraction of sp³-hybridized carbons (Fsp3) is 0.821. The van der Waals surface area contributed by atoms with Crippen molar-refractivity contribution in [2.24, 2.45) is 28.6 Å². The quantitative estimate of drug-likeness (QED) is 0.613. The molecule has 4 saturated carbocycles. The van der Waals surface area contributed by atoms with E-state index in [0.717, 1.165) is 50.6 Å². The number of ether oxygens (including phenoxy) is 2. The zero-order valence-electron chi connectivity index (χ0n) is 20.3. The van der Waals surface area contributed by atoms with Crippen LogP contribution in [0.5, 0.6) is 0 Å². The molecule has 6 fully saturated rings. The number of epoxide rings is 1. The minimum Gasteiger partial charge on any atom is -0.431 e. The van der Waals surface area contributed by atoms with Crippen molar-refractivity contribution in [2.45, 2.75) is 88.9 Å². The van der Waals surface area contributed by atoms with Gasteiger partial charge in [0.25, 0.3) is 0 Å². The molecule has 0 unspecified atom stereocenters. The van der Waals surface area contributed by atoms with Gasteiger partial charge in [-0.2, -0.15) is 0 Å². The molecule has 1 spiro atoms. The second-order valence-corrected chi connectivity index (χ2v) is 12.6. The van der Waals surface area contributed by atoms with Gasteiger partial charge in [-0.15, -0.1) is 0 Å². The molecule has 0 aromatic carbocycles. The molecule has 0 N–H and O–H groups in total. The molecule has 33 heavy (non-hydrogen) atoms. The molecule has 1 aromatic heterocycles. The van der Waals surface area contributed by atoms with Gasteiger partial charge in [0.2, 0.25) is 0 Å². The van der Waals surface area contributed by atoms with Gasteiger partial charge in [-0.25, -0.2) is 4.79 Å². The summed E-state index contributed by atoms with van der Waals surface area (Å²) in [5.74, 6) is 2.80. The second-order valence-electron chi connectivity index (χ2n) is 12.6. The third-order valence-electron chi connectivity index (χ3n) is 11.7. The van der Waals surface area contributed by atoms with Gasteiger partial charge in [-0.05, 0) is 92.1 Å². The van der Waals surface area contributed by atoms with Crippen LogP contribution in [-0.2, 0) is 9.47 Å². The molecule has 0 bridgehead atoms. The molecule has 3 heterocycles. The molecule has 7 rings (SSSR count). The first kappa shape index (κ1) is 21.1. The summed E-state index contributed by atoms with van der Waals surface area (Å²) in [4.78, 5) is 14.3. The van der Waals surface area contributed by atoms with Gasteiger partial charge in [-0.1, -0.05) is 13.8 Å². The Morgan fingerprint density at radius 2 is 1.82 bits per heavy atom. The highest BCUT2D eigenvalue weighted by Gasteiger charge is 2.80. The van der Waals surface area contributed by atoms with Crippen LogP contribution in [0.1, 0.15) is 76.7 Å².